The van der Waals surface area contributed by atoms with Crippen LogP contribution in [0.1, 0.15) is 25.8 Å². The van der Waals surface area contributed by atoms with Gasteiger partial charge in [-0.1, -0.05) is 32.3 Å². The van der Waals surface area contributed by atoms with Crippen LogP contribution in [0.25, 0.3) is 0 Å². The van der Waals surface area contributed by atoms with Gasteiger partial charge in [0.2, 0.25) is 0 Å². The van der Waals surface area contributed by atoms with Crippen molar-refractivity contribution >= 4 is 17.7 Å². The van der Waals surface area contributed by atoms with E-state index in [0.29, 0.717) is 17.7 Å². The molecule has 0 aliphatic rings. The summed E-state index contributed by atoms with van der Waals surface area (Å²) in [7, 11) is 0. The molecule has 3 N–H and O–H groups in total. The highest BCUT2D eigenvalue weighted by Gasteiger charge is 2.25. The molecule has 5 nitrogen and oxygen atoms in total. The van der Waals surface area contributed by atoms with Crippen LogP contribution < -0.4 is 10.6 Å². The molecule has 0 aliphatic carbocycles. The van der Waals surface area contributed by atoms with Gasteiger partial charge >= 0.3 is 12.0 Å². The van der Waals surface area contributed by atoms with Gasteiger partial charge in [0.15, 0.2) is 0 Å². The van der Waals surface area contributed by atoms with Crippen LogP contribution in [0.15, 0.2) is 24.3 Å². The SMILES string of the molecule is C#Cc1cccc(NC(=O)N[C@H](C(=O)O)C(C)CC)c1. The predicted octanol–water partition coefficient (Wildman–Crippen LogP) is 2.29. The van der Waals surface area contributed by atoms with Crippen molar-refractivity contribution in [1.29, 1.82) is 0 Å². The first-order chi connectivity index (χ1) is 9.47. The molecule has 0 fully saturated rings. The van der Waals surface area contributed by atoms with Gasteiger partial charge in [-0.3, -0.25) is 0 Å². The first-order valence-electron chi connectivity index (χ1n) is 6.35. The maximum Gasteiger partial charge on any atom is 0.326 e. The molecule has 0 aromatic heterocycles. The number of urea groups is 1. The van der Waals surface area contributed by atoms with Gasteiger partial charge in [0.1, 0.15) is 6.04 Å². The number of anilines is 1. The Labute approximate surface area is 118 Å². The fraction of sp³-hybridized carbons (Fsp3) is 0.333. The van der Waals surface area contributed by atoms with Gasteiger partial charge in [-0.25, -0.2) is 9.59 Å². The summed E-state index contributed by atoms with van der Waals surface area (Å²) in [6.07, 6.45) is 5.93. The Morgan fingerprint density at radius 3 is 2.70 bits per heavy atom. The Hall–Kier alpha value is -2.48. The minimum atomic E-state index is -1.05. The van der Waals surface area contributed by atoms with E-state index in [4.69, 9.17) is 11.5 Å². The first-order valence-corrected chi connectivity index (χ1v) is 6.35. The predicted molar refractivity (Wildman–Crippen MR) is 77.4 cm³/mol. The molecule has 0 bridgehead atoms. The van der Waals surface area contributed by atoms with Crippen molar-refractivity contribution < 1.29 is 14.7 Å². The lowest BCUT2D eigenvalue weighted by molar-refractivity contribution is -0.140. The quantitative estimate of drug-likeness (QED) is 0.721. The van der Waals surface area contributed by atoms with Crippen molar-refractivity contribution in [3.63, 3.8) is 0 Å². The van der Waals surface area contributed by atoms with Gasteiger partial charge in [-0.05, 0) is 24.1 Å². The normalized spacial score (nSPS) is 12.8. The minimum Gasteiger partial charge on any atom is -0.480 e. The van der Waals surface area contributed by atoms with Crippen molar-refractivity contribution in [2.75, 3.05) is 5.32 Å². The molecule has 2 atom stereocenters. The molecule has 1 unspecified atom stereocenters. The number of benzene rings is 1. The molecular weight excluding hydrogens is 256 g/mol. The van der Waals surface area contributed by atoms with E-state index in [-0.39, 0.29) is 5.92 Å². The van der Waals surface area contributed by atoms with Crippen LogP contribution in [0.5, 0.6) is 0 Å². The fourth-order valence-corrected chi connectivity index (χ4v) is 1.68. The zero-order valence-corrected chi connectivity index (χ0v) is 11.5. The average molecular weight is 274 g/mol. The topological polar surface area (TPSA) is 78.4 Å². The van der Waals surface area contributed by atoms with E-state index < -0.39 is 18.0 Å². The summed E-state index contributed by atoms with van der Waals surface area (Å²) in [6.45, 7) is 3.65. The maximum absolute atomic E-state index is 11.8. The molecular formula is C15H18N2O3. The Morgan fingerprint density at radius 1 is 1.45 bits per heavy atom. The van der Waals surface area contributed by atoms with Crippen LogP contribution in [-0.2, 0) is 4.79 Å². The maximum atomic E-state index is 11.8. The summed E-state index contributed by atoms with van der Waals surface area (Å²) in [5.41, 5.74) is 1.16. The molecule has 1 aromatic carbocycles. The van der Waals surface area contributed by atoms with Crippen LogP contribution in [0.4, 0.5) is 10.5 Å². The zero-order chi connectivity index (χ0) is 15.1. The summed E-state index contributed by atoms with van der Waals surface area (Å²) in [5, 5.41) is 14.1. The molecule has 1 aromatic rings. The van der Waals surface area contributed by atoms with Crippen LogP contribution in [0.3, 0.4) is 0 Å². The van der Waals surface area contributed by atoms with E-state index in [1.807, 2.05) is 6.92 Å². The number of nitrogens with one attached hydrogen (secondary N) is 2. The summed E-state index contributed by atoms with van der Waals surface area (Å²) < 4.78 is 0. The number of carbonyl (C=O) groups is 2. The van der Waals surface area contributed by atoms with Gasteiger partial charge in [-0.2, -0.15) is 0 Å². The first kappa shape index (κ1) is 15.6. The number of carbonyl (C=O) groups excluding carboxylic acids is 1. The Morgan fingerprint density at radius 2 is 2.15 bits per heavy atom. The third kappa shape index (κ3) is 4.32. The molecule has 0 aliphatic heterocycles. The lowest BCUT2D eigenvalue weighted by Crippen LogP contribution is -2.46. The number of hydrogen-bond donors (Lipinski definition) is 3. The van der Waals surface area contributed by atoms with Crippen LogP contribution >= 0.6 is 0 Å². The molecule has 0 radical (unpaired) electrons. The molecule has 2 amide bonds. The van der Waals surface area contributed by atoms with Gasteiger partial charge in [0, 0.05) is 11.3 Å². The lowest BCUT2D eigenvalue weighted by Gasteiger charge is -2.20. The van der Waals surface area contributed by atoms with Crippen molar-refractivity contribution in [2.45, 2.75) is 26.3 Å². The largest absolute Gasteiger partial charge is 0.480 e. The molecule has 0 spiro atoms. The van der Waals surface area contributed by atoms with Crippen LogP contribution in [-0.4, -0.2) is 23.1 Å². The summed E-state index contributed by atoms with van der Waals surface area (Å²) in [6, 6.07) is 5.29. The van der Waals surface area contributed by atoms with Crippen molar-refractivity contribution in [3.8, 4) is 12.3 Å². The average Bonchev–Trinajstić information content (AvgIpc) is 2.43. The minimum absolute atomic E-state index is 0.157. The van der Waals surface area contributed by atoms with Gasteiger partial charge in [0.05, 0.1) is 0 Å². The summed E-state index contributed by atoms with van der Waals surface area (Å²) in [4.78, 5) is 22.9. The smallest absolute Gasteiger partial charge is 0.326 e. The molecule has 106 valence electrons. The standard InChI is InChI=1S/C15H18N2O3/c1-4-10(3)13(14(18)19)17-15(20)16-12-8-6-7-11(5-2)9-12/h2,6-10,13H,4H2,1,3H3,(H,18,19)(H2,16,17,20)/t10?,13-/m0/s1. The number of terminal acetylenes is 1. The number of hydrogen-bond acceptors (Lipinski definition) is 2. The fourth-order valence-electron chi connectivity index (χ4n) is 1.68. The molecule has 0 heterocycles. The Balaban J connectivity index is 2.71. The number of amides is 2. The molecule has 1 rings (SSSR count). The van der Waals surface area contributed by atoms with Gasteiger partial charge in [-0.15, -0.1) is 6.42 Å². The number of aliphatic carboxylic acids is 1. The third-order valence-corrected chi connectivity index (χ3v) is 3.05. The van der Waals surface area contributed by atoms with E-state index in [2.05, 4.69) is 16.6 Å². The second-order valence-electron chi connectivity index (χ2n) is 4.53. The summed E-state index contributed by atoms with van der Waals surface area (Å²) in [5.74, 6) is 1.25. The van der Waals surface area contributed by atoms with Crippen LogP contribution in [0.2, 0.25) is 0 Å². The van der Waals surface area contributed by atoms with Crippen molar-refractivity contribution in [1.82, 2.24) is 5.32 Å². The molecule has 5 heteroatoms. The van der Waals surface area contributed by atoms with Gasteiger partial charge < -0.3 is 15.7 Å². The van der Waals surface area contributed by atoms with E-state index in [1.165, 1.54) is 0 Å². The Kier molecular flexibility index (Phi) is 5.60. The highest BCUT2D eigenvalue weighted by Crippen LogP contribution is 2.11. The monoisotopic (exact) mass is 274 g/mol. The highest BCUT2D eigenvalue weighted by molar-refractivity contribution is 5.92. The van der Waals surface area contributed by atoms with Crippen molar-refractivity contribution in [2.24, 2.45) is 5.92 Å². The molecule has 0 saturated heterocycles. The molecule has 0 saturated carbocycles. The van der Waals surface area contributed by atoms with E-state index in [1.54, 1.807) is 31.2 Å². The number of rotatable bonds is 5. The highest BCUT2D eigenvalue weighted by atomic mass is 16.4. The van der Waals surface area contributed by atoms with E-state index in [9.17, 15) is 9.59 Å². The van der Waals surface area contributed by atoms with Gasteiger partial charge in [0.25, 0.3) is 0 Å². The number of carboxylic acids is 1. The third-order valence-electron chi connectivity index (χ3n) is 3.05. The second kappa shape index (κ2) is 7.19. The van der Waals surface area contributed by atoms with Crippen LogP contribution in [0, 0.1) is 18.3 Å². The summed E-state index contributed by atoms with van der Waals surface area (Å²) >= 11 is 0. The molecule has 20 heavy (non-hydrogen) atoms. The lowest BCUT2D eigenvalue weighted by atomic mass is 9.99. The zero-order valence-electron chi connectivity index (χ0n) is 11.5. The van der Waals surface area contributed by atoms with E-state index in [0.717, 1.165) is 0 Å². The second-order valence-corrected chi connectivity index (χ2v) is 4.53. The Bertz CT molecular complexity index is 534. The van der Waals surface area contributed by atoms with E-state index >= 15 is 0 Å². The van der Waals surface area contributed by atoms with Crippen molar-refractivity contribution in [3.05, 3.63) is 29.8 Å². The number of carboxylic acid groups (broad SMARTS) is 1.